The molecule has 7 heteroatoms. The first-order valence-electron chi connectivity index (χ1n) is 8.93. The topological polar surface area (TPSA) is 85.9 Å². The standard InChI is InChI=1S/C21H22N2O5/c1-26-17-6-2-15(3-7-17)4-9-20(24)22-11-10-21(25)23-16-5-8-18-19(14-16)28-13-12-27-18/h2-9,14H,10-13H2,1H3,(H,22,24)(H,23,25)/b9-4+. The van der Waals surface area contributed by atoms with Crippen LogP contribution in [0.3, 0.4) is 0 Å². The number of hydrogen-bond donors (Lipinski definition) is 2. The molecule has 146 valence electrons. The number of nitrogens with one attached hydrogen (secondary N) is 2. The van der Waals surface area contributed by atoms with Crippen LogP contribution in [0.25, 0.3) is 6.08 Å². The number of benzene rings is 2. The van der Waals surface area contributed by atoms with Crippen LogP contribution in [0.4, 0.5) is 5.69 Å². The molecule has 3 rings (SSSR count). The van der Waals surface area contributed by atoms with Crippen molar-refractivity contribution in [2.75, 3.05) is 32.2 Å². The average Bonchev–Trinajstić information content (AvgIpc) is 2.72. The van der Waals surface area contributed by atoms with Crippen molar-refractivity contribution in [3.63, 3.8) is 0 Å². The first kappa shape index (κ1) is 19.3. The molecule has 0 radical (unpaired) electrons. The molecule has 7 nitrogen and oxygen atoms in total. The summed E-state index contributed by atoms with van der Waals surface area (Å²) in [6.07, 6.45) is 3.29. The predicted octanol–water partition coefficient (Wildman–Crippen LogP) is 2.62. The minimum atomic E-state index is -0.261. The van der Waals surface area contributed by atoms with E-state index in [4.69, 9.17) is 14.2 Å². The van der Waals surface area contributed by atoms with Crippen LogP contribution in [0.5, 0.6) is 17.2 Å². The van der Waals surface area contributed by atoms with Crippen molar-refractivity contribution in [3.8, 4) is 17.2 Å². The van der Waals surface area contributed by atoms with E-state index < -0.39 is 0 Å². The summed E-state index contributed by atoms with van der Waals surface area (Å²) in [7, 11) is 1.60. The van der Waals surface area contributed by atoms with Gasteiger partial charge in [0.15, 0.2) is 11.5 Å². The van der Waals surface area contributed by atoms with Crippen LogP contribution in [0, 0.1) is 0 Å². The lowest BCUT2D eigenvalue weighted by atomic mass is 10.2. The highest BCUT2D eigenvalue weighted by molar-refractivity contribution is 5.93. The molecule has 0 fully saturated rings. The Morgan fingerprint density at radius 1 is 1.07 bits per heavy atom. The lowest BCUT2D eigenvalue weighted by Gasteiger charge is -2.19. The number of rotatable bonds is 7. The highest BCUT2D eigenvalue weighted by Gasteiger charge is 2.12. The van der Waals surface area contributed by atoms with Gasteiger partial charge in [-0.3, -0.25) is 9.59 Å². The number of hydrogen-bond acceptors (Lipinski definition) is 5. The summed E-state index contributed by atoms with van der Waals surface area (Å²) in [4.78, 5) is 23.9. The maximum atomic E-state index is 12.0. The lowest BCUT2D eigenvalue weighted by molar-refractivity contribution is -0.117. The van der Waals surface area contributed by atoms with Gasteiger partial charge >= 0.3 is 0 Å². The van der Waals surface area contributed by atoms with E-state index in [0.717, 1.165) is 11.3 Å². The number of fused-ring (bicyclic) bond motifs is 1. The minimum Gasteiger partial charge on any atom is -0.497 e. The molecule has 0 spiro atoms. The molecule has 2 aromatic carbocycles. The minimum absolute atomic E-state index is 0.163. The van der Waals surface area contributed by atoms with Crippen LogP contribution >= 0.6 is 0 Å². The Kier molecular flexibility index (Phi) is 6.51. The molecule has 0 saturated heterocycles. The van der Waals surface area contributed by atoms with Crippen molar-refractivity contribution in [1.29, 1.82) is 0 Å². The third kappa shape index (κ3) is 5.51. The first-order chi connectivity index (χ1) is 13.6. The lowest BCUT2D eigenvalue weighted by Crippen LogP contribution is -2.26. The number of ether oxygens (including phenoxy) is 3. The van der Waals surface area contributed by atoms with E-state index in [1.807, 2.05) is 24.3 Å². The van der Waals surface area contributed by atoms with E-state index in [1.54, 1.807) is 31.4 Å². The smallest absolute Gasteiger partial charge is 0.244 e. The SMILES string of the molecule is COc1ccc(/C=C/C(=O)NCCC(=O)Nc2ccc3c(c2)OCCO3)cc1. The molecule has 0 aromatic heterocycles. The molecule has 0 unspecified atom stereocenters. The Balaban J connectivity index is 1.40. The van der Waals surface area contributed by atoms with Crippen molar-refractivity contribution in [2.45, 2.75) is 6.42 Å². The van der Waals surface area contributed by atoms with Crippen molar-refractivity contribution in [3.05, 3.63) is 54.1 Å². The van der Waals surface area contributed by atoms with E-state index >= 15 is 0 Å². The molecule has 2 aromatic rings. The zero-order chi connectivity index (χ0) is 19.8. The molecule has 0 atom stereocenters. The second-order valence-corrected chi connectivity index (χ2v) is 6.05. The van der Waals surface area contributed by atoms with E-state index in [9.17, 15) is 9.59 Å². The Bertz CT molecular complexity index is 862. The van der Waals surface area contributed by atoms with Gasteiger partial charge in [-0.2, -0.15) is 0 Å². The molecular formula is C21H22N2O5. The van der Waals surface area contributed by atoms with E-state index in [-0.39, 0.29) is 24.8 Å². The second kappa shape index (κ2) is 9.45. The van der Waals surface area contributed by atoms with Crippen molar-refractivity contribution < 1.29 is 23.8 Å². The zero-order valence-corrected chi connectivity index (χ0v) is 15.6. The third-order valence-corrected chi connectivity index (χ3v) is 4.02. The Morgan fingerprint density at radius 3 is 2.57 bits per heavy atom. The Hall–Kier alpha value is -3.48. The zero-order valence-electron chi connectivity index (χ0n) is 15.6. The Morgan fingerprint density at radius 2 is 1.82 bits per heavy atom. The predicted molar refractivity (Wildman–Crippen MR) is 106 cm³/mol. The monoisotopic (exact) mass is 382 g/mol. The largest absolute Gasteiger partial charge is 0.497 e. The van der Waals surface area contributed by atoms with Gasteiger partial charge in [-0.05, 0) is 35.9 Å². The summed E-state index contributed by atoms with van der Waals surface area (Å²) in [6.45, 7) is 1.24. The van der Waals surface area contributed by atoms with Crippen LogP contribution in [0.1, 0.15) is 12.0 Å². The van der Waals surface area contributed by atoms with Crippen LogP contribution in [0.2, 0.25) is 0 Å². The fraction of sp³-hybridized carbons (Fsp3) is 0.238. The quantitative estimate of drug-likeness (QED) is 0.719. The number of carbonyl (C=O) groups excluding carboxylic acids is 2. The summed E-state index contributed by atoms with van der Waals surface area (Å²) in [6, 6.07) is 12.6. The Labute approximate surface area is 163 Å². The fourth-order valence-electron chi connectivity index (χ4n) is 2.59. The molecule has 0 bridgehead atoms. The molecule has 2 N–H and O–H groups in total. The number of methoxy groups -OCH3 is 1. The molecule has 28 heavy (non-hydrogen) atoms. The van der Waals surface area contributed by atoms with Gasteiger partial charge in [0.05, 0.1) is 7.11 Å². The summed E-state index contributed by atoms with van der Waals surface area (Å²) in [5.41, 5.74) is 1.51. The van der Waals surface area contributed by atoms with Gasteiger partial charge in [0.1, 0.15) is 19.0 Å². The maximum Gasteiger partial charge on any atom is 0.244 e. The highest BCUT2D eigenvalue weighted by atomic mass is 16.6. The molecule has 1 heterocycles. The van der Waals surface area contributed by atoms with Crippen LogP contribution in [0.15, 0.2) is 48.5 Å². The van der Waals surface area contributed by atoms with Gasteiger partial charge in [-0.1, -0.05) is 12.1 Å². The number of amides is 2. The fourth-order valence-corrected chi connectivity index (χ4v) is 2.59. The van der Waals surface area contributed by atoms with E-state index in [0.29, 0.717) is 30.4 Å². The van der Waals surface area contributed by atoms with Gasteiger partial charge in [-0.15, -0.1) is 0 Å². The van der Waals surface area contributed by atoms with Gasteiger partial charge in [0.2, 0.25) is 11.8 Å². The molecule has 1 aliphatic heterocycles. The first-order valence-corrected chi connectivity index (χ1v) is 8.93. The van der Waals surface area contributed by atoms with Gasteiger partial charge in [-0.25, -0.2) is 0 Å². The average molecular weight is 382 g/mol. The van der Waals surface area contributed by atoms with Crippen molar-refractivity contribution >= 4 is 23.6 Å². The summed E-state index contributed by atoms with van der Waals surface area (Å²) in [5.74, 6) is 1.57. The molecule has 1 aliphatic rings. The molecular weight excluding hydrogens is 360 g/mol. The summed E-state index contributed by atoms with van der Waals surface area (Å²) in [5, 5.41) is 5.46. The normalized spacial score (nSPS) is 12.5. The third-order valence-electron chi connectivity index (χ3n) is 4.02. The summed E-state index contributed by atoms with van der Waals surface area (Å²) < 4.78 is 16.0. The second-order valence-electron chi connectivity index (χ2n) is 6.05. The van der Waals surface area contributed by atoms with Crippen LogP contribution < -0.4 is 24.8 Å². The number of carbonyl (C=O) groups is 2. The van der Waals surface area contributed by atoms with Crippen molar-refractivity contribution in [2.24, 2.45) is 0 Å². The van der Waals surface area contributed by atoms with Gasteiger partial charge in [0, 0.05) is 30.8 Å². The van der Waals surface area contributed by atoms with E-state index in [2.05, 4.69) is 10.6 Å². The molecule has 0 saturated carbocycles. The van der Waals surface area contributed by atoms with Gasteiger partial charge < -0.3 is 24.8 Å². The highest BCUT2D eigenvalue weighted by Crippen LogP contribution is 2.32. The summed E-state index contributed by atoms with van der Waals surface area (Å²) >= 11 is 0. The molecule has 0 aliphatic carbocycles. The maximum absolute atomic E-state index is 12.0. The van der Waals surface area contributed by atoms with E-state index in [1.165, 1.54) is 6.08 Å². The van der Waals surface area contributed by atoms with Crippen LogP contribution in [-0.2, 0) is 9.59 Å². The van der Waals surface area contributed by atoms with Gasteiger partial charge in [0.25, 0.3) is 0 Å². The number of anilines is 1. The van der Waals surface area contributed by atoms with Crippen molar-refractivity contribution in [1.82, 2.24) is 5.32 Å². The molecule has 2 amide bonds. The van der Waals surface area contributed by atoms with Crippen LogP contribution in [-0.4, -0.2) is 38.7 Å².